The summed E-state index contributed by atoms with van der Waals surface area (Å²) in [6.45, 7) is 11.4. The number of nitrogens with one attached hydrogen (secondary N) is 1. The van der Waals surface area contributed by atoms with Crippen LogP contribution in [0, 0.1) is 0 Å². The summed E-state index contributed by atoms with van der Waals surface area (Å²) >= 11 is 5.52. The van der Waals surface area contributed by atoms with Gasteiger partial charge in [0.25, 0.3) is 0 Å². The Hall–Kier alpha value is -1.77. The molecule has 1 aromatic rings. The summed E-state index contributed by atoms with van der Waals surface area (Å²) in [4.78, 5) is 11.0. The number of anilines is 1. The van der Waals surface area contributed by atoms with Gasteiger partial charge in [0.15, 0.2) is 5.11 Å². The fraction of sp³-hybridized carbons (Fsp3) is 0.611. The van der Waals surface area contributed by atoms with Gasteiger partial charge in [-0.25, -0.2) is 0 Å². The summed E-state index contributed by atoms with van der Waals surface area (Å²) in [5, 5.41) is 15.6. The van der Waals surface area contributed by atoms with Crippen molar-refractivity contribution < 1.29 is 5.11 Å². The highest BCUT2D eigenvalue weighted by molar-refractivity contribution is 7.80. The zero-order chi connectivity index (χ0) is 18.7. The molecule has 142 valence electrons. The van der Waals surface area contributed by atoms with Gasteiger partial charge in [0, 0.05) is 45.3 Å². The van der Waals surface area contributed by atoms with Crippen molar-refractivity contribution in [3.05, 3.63) is 24.0 Å². The Morgan fingerprint density at radius 3 is 2.69 bits per heavy atom. The first-order valence-corrected chi connectivity index (χ1v) is 9.60. The van der Waals surface area contributed by atoms with E-state index >= 15 is 0 Å². The predicted molar refractivity (Wildman–Crippen MR) is 108 cm³/mol. The molecule has 0 radical (unpaired) electrons. The van der Waals surface area contributed by atoms with Crippen LogP contribution in [0.4, 0.5) is 5.69 Å². The van der Waals surface area contributed by atoms with Gasteiger partial charge in [0.2, 0.25) is 0 Å². The zero-order valence-corrected chi connectivity index (χ0v) is 16.6. The second-order valence-electron chi connectivity index (χ2n) is 7.16. The minimum Gasteiger partial charge on any atom is -0.371 e. The lowest BCUT2D eigenvalue weighted by Crippen LogP contribution is -2.51. The average Bonchev–Trinajstić information content (AvgIpc) is 2.65. The van der Waals surface area contributed by atoms with E-state index in [1.807, 2.05) is 17.0 Å². The highest BCUT2D eigenvalue weighted by Gasteiger charge is 2.31. The number of pyridine rings is 1. The molecule has 26 heavy (non-hydrogen) atoms. The first kappa shape index (κ1) is 19.0. The molecule has 0 bridgehead atoms. The number of likely N-dealkylation sites (N-methyl/N-ethyl adjacent to an activating group) is 1. The van der Waals surface area contributed by atoms with Crippen LogP contribution < -0.4 is 10.3 Å². The Labute approximate surface area is 160 Å². The minimum atomic E-state index is -0.939. The molecule has 0 aromatic carbocycles. The number of hydrogen-bond acceptors (Lipinski definition) is 6. The third kappa shape index (κ3) is 4.13. The van der Waals surface area contributed by atoms with E-state index in [-0.39, 0.29) is 0 Å². The third-order valence-electron chi connectivity index (χ3n) is 4.98. The number of fused-ring (bicyclic) bond motifs is 1. The Balaban J connectivity index is 1.70. The molecule has 2 N–H and O–H groups in total. The smallest absolute Gasteiger partial charge is 0.189 e. The van der Waals surface area contributed by atoms with Crippen molar-refractivity contribution in [1.29, 1.82) is 0 Å². The topological polar surface area (TPSA) is 67.2 Å². The van der Waals surface area contributed by atoms with Crippen LogP contribution in [-0.4, -0.2) is 75.7 Å². The Kier molecular flexibility index (Phi) is 5.74. The predicted octanol–water partition coefficient (Wildman–Crippen LogP) is 1.24. The summed E-state index contributed by atoms with van der Waals surface area (Å²) in [6.07, 6.45) is 2.46. The van der Waals surface area contributed by atoms with Crippen LogP contribution in [0.3, 0.4) is 0 Å². The molecule has 8 heteroatoms. The number of thiocarbonyl (C=S) groups is 1. The van der Waals surface area contributed by atoms with Crippen LogP contribution in [-0.2, 0) is 0 Å². The van der Waals surface area contributed by atoms with E-state index in [1.165, 1.54) is 0 Å². The molecule has 2 aliphatic heterocycles. The lowest BCUT2D eigenvalue weighted by Gasteiger charge is -2.39. The molecule has 1 aromatic heterocycles. The van der Waals surface area contributed by atoms with Crippen molar-refractivity contribution >= 4 is 28.7 Å². The molecule has 3 rings (SSSR count). The van der Waals surface area contributed by atoms with Crippen molar-refractivity contribution in [1.82, 2.24) is 20.2 Å². The minimum absolute atomic E-state index is 0.663. The highest BCUT2D eigenvalue weighted by Crippen LogP contribution is 2.30. The lowest BCUT2D eigenvalue weighted by molar-refractivity contribution is 0.0756. The van der Waals surface area contributed by atoms with Gasteiger partial charge >= 0.3 is 0 Å². The van der Waals surface area contributed by atoms with Crippen LogP contribution in [0.5, 0.6) is 0 Å². The number of piperazine rings is 1. The molecule has 7 nitrogen and oxygen atoms in total. The molecule has 0 spiro atoms. The largest absolute Gasteiger partial charge is 0.371 e. The van der Waals surface area contributed by atoms with E-state index in [0.717, 1.165) is 49.8 Å². The van der Waals surface area contributed by atoms with Crippen molar-refractivity contribution in [3.63, 3.8) is 0 Å². The fourth-order valence-corrected chi connectivity index (χ4v) is 3.65. The summed E-state index contributed by atoms with van der Waals surface area (Å²) in [7, 11) is 0. The summed E-state index contributed by atoms with van der Waals surface area (Å²) in [5.41, 5.74) is 4.68. The highest BCUT2D eigenvalue weighted by atomic mass is 32.1. The van der Waals surface area contributed by atoms with Crippen LogP contribution in [0.2, 0.25) is 0 Å². The lowest BCUT2D eigenvalue weighted by atomic mass is 10.0. The van der Waals surface area contributed by atoms with Crippen molar-refractivity contribution in [2.75, 3.05) is 44.2 Å². The van der Waals surface area contributed by atoms with Crippen molar-refractivity contribution in [2.45, 2.75) is 32.9 Å². The molecule has 0 atom stereocenters. The first-order chi connectivity index (χ1) is 12.4. The number of hydrogen-bond donors (Lipinski definition) is 2. The number of nitrogens with zero attached hydrogens (tertiary/aromatic N) is 5. The van der Waals surface area contributed by atoms with Crippen molar-refractivity contribution in [2.24, 2.45) is 5.10 Å². The van der Waals surface area contributed by atoms with Gasteiger partial charge in [-0.15, -0.1) is 0 Å². The maximum absolute atomic E-state index is 10.4. The van der Waals surface area contributed by atoms with Gasteiger partial charge in [-0.2, -0.15) is 5.10 Å². The van der Waals surface area contributed by atoms with Crippen molar-refractivity contribution in [3.8, 4) is 0 Å². The third-order valence-corrected chi connectivity index (χ3v) is 5.33. The van der Waals surface area contributed by atoms with E-state index < -0.39 is 5.72 Å². The number of aromatic nitrogens is 1. The van der Waals surface area contributed by atoms with Gasteiger partial charge in [-0.1, -0.05) is 6.92 Å². The Morgan fingerprint density at radius 1 is 1.31 bits per heavy atom. The van der Waals surface area contributed by atoms with Gasteiger partial charge in [-0.05, 0) is 44.7 Å². The molecule has 0 saturated carbocycles. The van der Waals surface area contributed by atoms with Gasteiger partial charge in [-0.3, -0.25) is 10.4 Å². The fourth-order valence-electron chi connectivity index (χ4n) is 3.42. The van der Waals surface area contributed by atoms with Crippen LogP contribution in [0.1, 0.15) is 32.9 Å². The van der Waals surface area contributed by atoms with Crippen LogP contribution in [0.15, 0.2) is 23.4 Å². The maximum Gasteiger partial charge on any atom is 0.189 e. The standard InChI is InChI=1S/C18H28N6OS/c1-4-22-10-12-23(13-11-22)17(26)21-20-14-7-9-24(18(2,3)25)15-6-5-8-19-16(14)15/h5-6,8,25H,4,7,9-13H2,1-3H3,(H,21,26)/b20-14-. The van der Waals surface area contributed by atoms with E-state index in [0.29, 0.717) is 18.1 Å². The van der Waals surface area contributed by atoms with Crippen LogP contribution >= 0.6 is 12.2 Å². The SMILES string of the molecule is CCN1CCN(C(=S)N/N=C2/CCN(C(C)(C)O)c3cccnc32)CC1. The second kappa shape index (κ2) is 7.85. The molecule has 0 amide bonds. The van der Waals surface area contributed by atoms with Gasteiger partial charge in [0.05, 0.1) is 11.4 Å². The molecule has 3 heterocycles. The van der Waals surface area contributed by atoms with E-state index in [2.05, 4.69) is 32.2 Å². The van der Waals surface area contributed by atoms with Crippen LogP contribution in [0.25, 0.3) is 0 Å². The molecule has 0 unspecified atom stereocenters. The van der Waals surface area contributed by atoms with E-state index in [1.54, 1.807) is 20.0 Å². The van der Waals surface area contributed by atoms with Gasteiger partial charge < -0.3 is 19.8 Å². The van der Waals surface area contributed by atoms with E-state index in [4.69, 9.17) is 12.2 Å². The Bertz CT molecular complexity index is 679. The summed E-state index contributed by atoms with van der Waals surface area (Å²) in [5.74, 6) is 0. The molecule has 2 aliphatic rings. The second-order valence-corrected chi connectivity index (χ2v) is 7.55. The normalized spacial score (nSPS) is 20.2. The molecular formula is C18H28N6OS. The Morgan fingerprint density at radius 2 is 2.04 bits per heavy atom. The molecule has 1 saturated heterocycles. The quantitative estimate of drug-likeness (QED) is 0.608. The molecule has 0 aliphatic carbocycles. The first-order valence-electron chi connectivity index (χ1n) is 9.19. The number of rotatable bonds is 3. The zero-order valence-electron chi connectivity index (χ0n) is 15.8. The number of aliphatic hydroxyl groups is 1. The van der Waals surface area contributed by atoms with Gasteiger partial charge in [0.1, 0.15) is 11.4 Å². The summed E-state index contributed by atoms with van der Waals surface area (Å²) < 4.78 is 0. The number of hydrazone groups is 1. The molecular weight excluding hydrogens is 348 g/mol. The average molecular weight is 377 g/mol. The molecule has 1 fully saturated rings. The monoisotopic (exact) mass is 376 g/mol. The maximum atomic E-state index is 10.4. The summed E-state index contributed by atoms with van der Waals surface area (Å²) in [6, 6.07) is 3.85. The van der Waals surface area contributed by atoms with E-state index in [9.17, 15) is 5.11 Å².